The van der Waals surface area contributed by atoms with Crippen LogP contribution >= 0.6 is 0 Å². The van der Waals surface area contributed by atoms with Crippen LogP contribution in [0.4, 0.5) is 0 Å². The van der Waals surface area contributed by atoms with Gasteiger partial charge in [0.2, 0.25) is 0 Å². The maximum atomic E-state index is 3.62. The molecule has 1 atom stereocenters. The standard InChI is InChI=1S/C20H33N/c1-14(2)17-9-11-18(12-10-17)20(21-5)13-19-15(3)7-6-8-16(19)4/h6-8,14,17-18,20-21H,9-13H2,1-5H3. The van der Waals surface area contributed by atoms with Crippen LogP contribution in [-0.4, -0.2) is 13.1 Å². The molecule has 2 rings (SSSR count). The van der Waals surface area contributed by atoms with Crippen molar-refractivity contribution in [2.24, 2.45) is 17.8 Å². The Morgan fingerprint density at radius 2 is 1.52 bits per heavy atom. The summed E-state index contributed by atoms with van der Waals surface area (Å²) in [6, 6.07) is 7.32. The van der Waals surface area contributed by atoms with Gasteiger partial charge in [-0.25, -0.2) is 0 Å². The topological polar surface area (TPSA) is 12.0 Å². The quantitative estimate of drug-likeness (QED) is 0.812. The molecule has 0 spiro atoms. The zero-order valence-corrected chi connectivity index (χ0v) is 14.6. The molecule has 0 radical (unpaired) electrons. The molecule has 21 heavy (non-hydrogen) atoms. The van der Waals surface area contributed by atoms with Gasteiger partial charge in [-0.05, 0) is 87.4 Å². The van der Waals surface area contributed by atoms with E-state index in [4.69, 9.17) is 0 Å². The van der Waals surface area contributed by atoms with Crippen molar-refractivity contribution in [3.05, 3.63) is 34.9 Å². The van der Waals surface area contributed by atoms with E-state index in [2.05, 4.69) is 58.3 Å². The van der Waals surface area contributed by atoms with Crippen molar-refractivity contribution in [2.45, 2.75) is 65.8 Å². The Balaban J connectivity index is 2.01. The Morgan fingerprint density at radius 3 is 2.00 bits per heavy atom. The second-order valence-corrected chi connectivity index (χ2v) is 7.39. The summed E-state index contributed by atoms with van der Waals surface area (Å²) in [6.07, 6.45) is 6.84. The van der Waals surface area contributed by atoms with Gasteiger partial charge in [0.05, 0.1) is 0 Å². The van der Waals surface area contributed by atoms with E-state index in [0.717, 1.165) is 17.8 Å². The Morgan fingerprint density at radius 1 is 1.00 bits per heavy atom. The van der Waals surface area contributed by atoms with E-state index in [1.165, 1.54) is 43.2 Å². The molecular weight excluding hydrogens is 254 g/mol. The number of rotatable bonds is 5. The predicted octanol–water partition coefficient (Wildman–Crippen LogP) is 4.90. The normalized spacial score (nSPS) is 24.3. The summed E-state index contributed by atoms with van der Waals surface area (Å²) in [7, 11) is 2.15. The number of likely N-dealkylation sites (N-methyl/N-ethyl adjacent to an activating group) is 1. The minimum absolute atomic E-state index is 0.637. The fourth-order valence-corrected chi connectivity index (χ4v) is 4.11. The van der Waals surface area contributed by atoms with Crippen molar-refractivity contribution >= 4 is 0 Å². The number of nitrogens with one attached hydrogen (secondary N) is 1. The Hall–Kier alpha value is -0.820. The number of aryl methyl sites for hydroxylation is 2. The summed E-state index contributed by atoms with van der Waals surface area (Å²) in [4.78, 5) is 0. The van der Waals surface area contributed by atoms with Crippen molar-refractivity contribution in [3.8, 4) is 0 Å². The van der Waals surface area contributed by atoms with E-state index >= 15 is 0 Å². The second kappa shape index (κ2) is 7.45. The molecule has 1 nitrogen and oxygen atoms in total. The first-order chi connectivity index (χ1) is 10.0. The molecule has 0 aliphatic heterocycles. The molecular formula is C20H33N. The van der Waals surface area contributed by atoms with E-state index in [9.17, 15) is 0 Å². The molecule has 1 aliphatic carbocycles. The average Bonchev–Trinajstić information content (AvgIpc) is 2.47. The van der Waals surface area contributed by atoms with Crippen LogP contribution < -0.4 is 5.32 Å². The maximum absolute atomic E-state index is 3.62. The van der Waals surface area contributed by atoms with E-state index < -0.39 is 0 Å². The molecule has 1 aliphatic rings. The lowest BCUT2D eigenvalue weighted by Gasteiger charge is -2.35. The summed E-state index contributed by atoms with van der Waals surface area (Å²) < 4.78 is 0. The highest BCUT2D eigenvalue weighted by Gasteiger charge is 2.28. The third kappa shape index (κ3) is 4.10. The fraction of sp³-hybridized carbons (Fsp3) is 0.700. The highest BCUT2D eigenvalue weighted by molar-refractivity contribution is 5.34. The molecule has 1 fully saturated rings. The van der Waals surface area contributed by atoms with Crippen molar-refractivity contribution in [3.63, 3.8) is 0 Å². The zero-order valence-electron chi connectivity index (χ0n) is 14.6. The molecule has 0 amide bonds. The van der Waals surface area contributed by atoms with E-state index in [-0.39, 0.29) is 0 Å². The smallest absolute Gasteiger partial charge is 0.0133 e. The van der Waals surface area contributed by atoms with Gasteiger partial charge in [-0.2, -0.15) is 0 Å². The van der Waals surface area contributed by atoms with Crippen molar-refractivity contribution in [2.75, 3.05) is 7.05 Å². The number of hydrogen-bond acceptors (Lipinski definition) is 1. The van der Waals surface area contributed by atoms with Gasteiger partial charge in [-0.3, -0.25) is 0 Å². The van der Waals surface area contributed by atoms with E-state index in [0.29, 0.717) is 6.04 Å². The molecule has 0 saturated heterocycles. The van der Waals surface area contributed by atoms with Gasteiger partial charge in [0, 0.05) is 6.04 Å². The SMILES string of the molecule is CNC(Cc1c(C)cccc1C)C1CCC(C(C)C)CC1. The van der Waals surface area contributed by atoms with Crippen LogP contribution in [0.5, 0.6) is 0 Å². The molecule has 1 heteroatoms. The third-order valence-corrected chi connectivity index (χ3v) is 5.77. The Kier molecular flexibility index (Phi) is 5.87. The Labute approximate surface area is 131 Å². The molecule has 0 bridgehead atoms. The van der Waals surface area contributed by atoms with Gasteiger partial charge < -0.3 is 5.32 Å². The van der Waals surface area contributed by atoms with Crippen molar-refractivity contribution in [1.82, 2.24) is 5.32 Å². The molecule has 1 aromatic carbocycles. The summed E-state index contributed by atoms with van der Waals surface area (Å²) in [5, 5.41) is 3.62. The van der Waals surface area contributed by atoms with Gasteiger partial charge in [0.1, 0.15) is 0 Å². The fourth-order valence-electron chi connectivity index (χ4n) is 4.11. The molecule has 118 valence electrons. The third-order valence-electron chi connectivity index (χ3n) is 5.77. The minimum Gasteiger partial charge on any atom is -0.316 e. The molecule has 1 aromatic rings. The van der Waals surface area contributed by atoms with Crippen LogP contribution in [0, 0.1) is 31.6 Å². The van der Waals surface area contributed by atoms with Crippen LogP contribution in [0.2, 0.25) is 0 Å². The molecule has 0 aromatic heterocycles. The first-order valence-corrected chi connectivity index (χ1v) is 8.75. The summed E-state index contributed by atoms with van der Waals surface area (Å²) in [5.74, 6) is 2.67. The van der Waals surface area contributed by atoms with Gasteiger partial charge in [-0.15, -0.1) is 0 Å². The molecule has 1 saturated carbocycles. The van der Waals surface area contributed by atoms with Gasteiger partial charge in [0.25, 0.3) is 0 Å². The van der Waals surface area contributed by atoms with Crippen LogP contribution in [0.15, 0.2) is 18.2 Å². The highest BCUT2D eigenvalue weighted by atomic mass is 14.9. The summed E-state index contributed by atoms with van der Waals surface area (Å²) in [6.45, 7) is 9.28. The highest BCUT2D eigenvalue weighted by Crippen LogP contribution is 2.35. The lowest BCUT2D eigenvalue weighted by molar-refractivity contribution is 0.191. The van der Waals surface area contributed by atoms with Crippen LogP contribution in [0.3, 0.4) is 0 Å². The average molecular weight is 287 g/mol. The van der Waals surface area contributed by atoms with Crippen LogP contribution in [0.1, 0.15) is 56.2 Å². The molecule has 0 heterocycles. The zero-order chi connectivity index (χ0) is 15.4. The summed E-state index contributed by atoms with van der Waals surface area (Å²) in [5.41, 5.74) is 4.46. The van der Waals surface area contributed by atoms with Crippen molar-refractivity contribution in [1.29, 1.82) is 0 Å². The second-order valence-electron chi connectivity index (χ2n) is 7.39. The van der Waals surface area contributed by atoms with Gasteiger partial charge in [0.15, 0.2) is 0 Å². The monoisotopic (exact) mass is 287 g/mol. The first kappa shape index (κ1) is 16.5. The van der Waals surface area contributed by atoms with E-state index in [1.807, 2.05) is 0 Å². The largest absolute Gasteiger partial charge is 0.316 e. The molecule has 1 N–H and O–H groups in total. The number of hydrogen-bond donors (Lipinski definition) is 1. The molecule has 1 unspecified atom stereocenters. The lowest BCUT2D eigenvalue weighted by atomic mass is 9.73. The number of benzene rings is 1. The lowest BCUT2D eigenvalue weighted by Crippen LogP contribution is -2.38. The van der Waals surface area contributed by atoms with Gasteiger partial charge >= 0.3 is 0 Å². The first-order valence-electron chi connectivity index (χ1n) is 8.75. The van der Waals surface area contributed by atoms with Gasteiger partial charge in [-0.1, -0.05) is 32.0 Å². The predicted molar refractivity (Wildman–Crippen MR) is 92.8 cm³/mol. The maximum Gasteiger partial charge on any atom is 0.0133 e. The van der Waals surface area contributed by atoms with E-state index in [1.54, 1.807) is 5.56 Å². The van der Waals surface area contributed by atoms with Crippen LogP contribution in [-0.2, 0) is 6.42 Å². The van der Waals surface area contributed by atoms with Crippen molar-refractivity contribution < 1.29 is 0 Å². The summed E-state index contributed by atoms with van der Waals surface area (Å²) >= 11 is 0. The minimum atomic E-state index is 0.637. The van der Waals surface area contributed by atoms with Crippen LogP contribution in [0.25, 0.3) is 0 Å². The Bertz CT molecular complexity index is 421.